The maximum Gasteiger partial charge on any atom is 0.189 e. The van der Waals surface area contributed by atoms with Gasteiger partial charge in [-0.1, -0.05) is 0 Å². The number of nitrogens with zero attached hydrogens (tertiary/aromatic N) is 1. The van der Waals surface area contributed by atoms with Gasteiger partial charge in [-0.2, -0.15) is 0 Å². The van der Waals surface area contributed by atoms with Crippen LogP contribution in [0.5, 0.6) is 0 Å². The van der Waals surface area contributed by atoms with Crippen molar-refractivity contribution in [2.45, 2.75) is 25.5 Å². The summed E-state index contributed by atoms with van der Waals surface area (Å²) in [6.45, 7) is 2.25. The summed E-state index contributed by atoms with van der Waals surface area (Å²) in [5, 5.41) is 5.14. The highest BCUT2D eigenvalue weighted by molar-refractivity contribution is 9.10. The van der Waals surface area contributed by atoms with Crippen molar-refractivity contribution in [3.8, 4) is 0 Å². The van der Waals surface area contributed by atoms with Crippen molar-refractivity contribution in [1.29, 1.82) is 0 Å². The quantitative estimate of drug-likeness (QED) is 0.660. The van der Waals surface area contributed by atoms with Gasteiger partial charge in [-0.3, -0.25) is 0 Å². The molecule has 1 aliphatic heterocycles. The fraction of sp³-hybridized carbons (Fsp3) is 0.545. The molecule has 0 aromatic carbocycles. The van der Waals surface area contributed by atoms with Crippen molar-refractivity contribution in [3.05, 3.63) is 20.8 Å². The predicted octanol–water partition coefficient (Wildman–Crippen LogP) is 2.09. The average molecular weight is 318 g/mol. The SMILES string of the molecule is NC(=NCc1cc(Br)cs1)NCC1CCCO1. The molecule has 3 N–H and O–H groups in total. The van der Waals surface area contributed by atoms with Gasteiger partial charge in [0.1, 0.15) is 0 Å². The van der Waals surface area contributed by atoms with Crippen molar-refractivity contribution >= 4 is 33.2 Å². The molecule has 1 atom stereocenters. The lowest BCUT2D eigenvalue weighted by Gasteiger charge is -2.10. The normalized spacial score (nSPS) is 20.8. The molecule has 94 valence electrons. The van der Waals surface area contributed by atoms with Gasteiger partial charge in [0.25, 0.3) is 0 Å². The number of hydrogen-bond acceptors (Lipinski definition) is 3. The van der Waals surface area contributed by atoms with Gasteiger partial charge in [-0.25, -0.2) is 4.99 Å². The molecule has 1 aromatic rings. The Bertz CT molecular complexity index is 388. The summed E-state index contributed by atoms with van der Waals surface area (Å²) in [6, 6.07) is 2.06. The average Bonchev–Trinajstić information content (AvgIpc) is 2.95. The van der Waals surface area contributed by atoms with Gasteiger partial charge in [0.05, 0.1) is 12.6 Å². The van der Waals surface area contributed by atoms with Crippen LogP contribution in [0.15, 0.2) is 20.9 Å². The maximum absolute atomic E-state index is 5.78. The number of ether oxygens (including phenoxy) is 1. The number of nitrogens with two attached hydrogens (primary N) is 1. The predicted molar refractivity (Wildman–Crippen MR) is 74.3 cm³/mol. The van der Waals surface area contributed by atoms with Crippen LogP contribution in [0.4, 0.5) is 0 Å². The van der Waals surface area contributed by atoms with E-state index in [2.05, 4.69) is 32.3 Å². The molecule has 0 radical (unpaired) electrons. The molecular formula is C11H16BrN3OS. The van der Waals surface area contributed by atoms with E-state index in [-0.39, 0.29) is 0 Å². The molecule has 1 saturated heterocycles. The maximum atomic E-state index is 5.78. The number of rotatable bonds is 4. The van der Waals surface area contributed by atoms with Crippen LogP contribution < -0.4 is 11.1 Å². The Labute approximate surface area is 113 Å². The molecule has 0 spiro atoms. The Balaban J connectivity index is 1.73. The van der Waals surface area contributed by atoms with Crippen LogP contribution in [-0.4, -0.2) is 25.2 Å². The monoisotopic (exact) mass is 317 g/mol. The van der Waals surface area contributed by atoms with E-state index < -0.39 is 0 Å². The van der Waals surface area contributed by atoms with Crippen LogP contribution in [-0.2, 0) is 11.3 Å². The zero-order chi connectivity index (χ0) is 12.1. The molecule has 1 unspecified atom stereocenters. The molecule has 2 rings (SSSR count). The highest BCUT2D eigenvalue weighted by Crippen LogP contribution is 2.20. The van der Waals surface area contributed by atoms with Gasteiger partial charge in [-0.15, -0.1) is 11.3 Å². The standard InChI is InChI=1S/C11H16BrN3OS/c12-8-4-10(17-7-8)6-15-11(13)14-5-9-2-1-3-16-9/h4,7,9H,1-3,5-6H2,(H3,13,14,15). The van der Waals surface area contributed by atoms with Crippen molar-refractivity contribution in [2.75, 3.05) is 13.2 Å². The zero-order valence-corrected chi connectivity index (χ0v) is 11.9. The Hall–Kier alpha value is -0.590. The molecule has 1 fully saturated rings. The largest absolute Gasteiger partial charge is 0.376 e. The summed E-state index contributed by atoms with van der Waals surface area (Å²) in [5.41, 5.74) is 5.78. The molecule has 0 aliphatic carbocycles. The van der Waals surface area contributed by atoms with Crippen LogP contribution in [0.3, 0.4) is 0 Å². The fourth-order valence-corrected chi connectivity index (χ4v) is 3.05. The summed E-state index contributed by atoms with van der Waals surface area (Å²) in [4.78, 5) is 5.48. The van der Waals surface area contributed by atoms with Crippen LogP contribution in [0.1, 0.15) is 17.7 Å². The van der Waals surface area contributed by atoms with E-state index in [9.17, 15) is 0 Å². The second kappa shape index (κ2) is 6.37. The number of halogens is 1. The first-order chi connectivity index (χ1) is 8.24. The molecule has 0 bridgehead atoms. The van der Waals surface area contributed by atoms with E-state index in [0.29, 0.717) is 18.6 Å². The fourth-order valence-electron chi connectivity index (χ4n) is 1.68. The summed E-state index contributed by atoms with van der Waals surface area (Å²) < 4.78 is 6.59. The highest BCUT2D eigenvalue weighted by Gasteiger charge is 2.14. The van der Waals surface area contributed by atoms with Crippen LogP contribution in [0.25, 0.3) is 0 Å². The molecule has 0 amide bonds. The number of hydrogen-bond donors (Lipinski definition) is 2. The Morgan fingerprint density at radius 2 is 2.59 bits per heavy atom. The van der Waals surface area contributed by atoms with E-state index in [1.165, 1.54) is 4.88 Å². The summed E-state index contributed by atoms with van der Waals surface area (Å²) >= 11 is 5.09. The van der Waals surface area contributed by atoms with E-state index in [1.54, 1.807) is 11.3 Å². The lowest BCUT2D eigenvalue weighted by molar-refractivity contribution is 0.114. The van der Waals surface area contributed by atoms with E-state index in [4.69, 9.17) is 10.5 Å². The lowest BCUT2D eigenvalue weighted by Crippen LogP contribution is -2.37. The van der Waals surface area contributed by atoms with Gasteiger partial charge >= 0.3 is 0 Å². The number of aliphatic imine (C=N–C) groups is 1. The third kappa shape index (κ3) is 4.29. The minimum Gasteiger partial charge on any atom is -0.376 e. The summed E-state index contributed by atoms with van der Waals surface area (Å²) in [7, 11) is 0. The van der Waals surface area contributed by atoms with Crippen LogP contribution in [0.2, 0.25) is 0 Å². The van der Waals surface area contributed by atoms with Gasteiger partial charge in [0, 0.05) is 27.9 Å². The minimum atomic E-state index is 0.291. The molecule has 1 aliphatic rings. The molecule has 17 heavy (non-hydrogen) atoms. The van der Waals surface area contributed by atoms with Crippen LogP contribution >= 0.6 is 27.3 Å². The van der Waals surface area contributed by atoms with Crippen molar-refractivity contribution in [3.63, 3.8) is 0 Å². The van der Waals surface area contributed by atoms with Gasteiger partial charge in [-0.05, 0) is 34.8 Å². The lowest BCUT2D eigenvalue weighted by atomic mass is 10.2. The summed E-state index contributed by atoms with van der Waals surface area (Å²) in [5.74, 6) is 0.491. The summed E-state index contributed by atoms with van der Waals surface area (Å²) in [6.07, 6.45) is 2.55. The Morgan fingerprint density at radius 3 is 3.24 bits per heavy atom. The number of nitrogens with one attached hydrogen (secondary N) is 1. The highest BCUT2D eigenvalue weighted by atomic mass is 79.9. The molecule has 0 saturated carbocycles. The van der Waals surface area contributed by atoms with Gasteiger partial charge in [0.15, 0.2) is 5.96 Å². The first-order valence-electron chi connectivity index (χ1n) is 5.62. The topological polar surface area (TPSA) is 59.6 Å². The Morgan fingerprint density at radius 1 is 1.71 bits per heavy atom. The molecular weight excluding hydrogens is 302 g/mol. The van der Waals surface area contributed by atoms with E-state index in [1.807, 2.05) is 5.38 Å². The molecule has 4 nitrogen and oxygen atoms in total. The third-order valence-corrected chi connectivity index (χ3v) is 4.24. The second-order valence-electron chi connectivity index (χ2n) is 3.95. The minimum absolute atomic E-state index is 0.291. The van der Waals surface area contributed by atoms with Crippen molar-refractivity contribution < 1.29 is 4.74 Å². The Kier molecular flexibility index (Phi) is 4.82. The van der Waals surface area contributed by atoms with Gasteiger partial charge in [0.2, 0.25) is 0 Å². The first-order valence-corrected chi connectivity index (χ1v) is 7.29. The van der Waals surface area contributed by atoms with E-state index in [0.717, 1.165) is 30.5 Å². The second-order valence-corrected chi connectivity index (χ2v) is 5.86. The molecule has 1 aromatic heterocycles. The third-order valence-electron chi connectivity index (χ3n) is 2.56. The van der Waals surface area contributed by atoms with Gasteiger partial charge < -0.3 is 15.8 Å². The molecule has 2 heterocycles. The van der Waals surface area contributed by atoms with Crippen molar-refractivity contribution in [1.82, 2.24) is 5.32 Å². The number of thiophene rings is 1. The smallest absolute Gasteiger partial charge is 0.189 e. The van der Waals surface area contributed by atoms with Crippen LogP contribution in [0, 0.1) is 0 Å². The molecule has 6 heteroatoms. The number of guanidine groups is 1. The zero-order valence-electron chi connectivity index (χ0n) is 9.49. The first kappa shape index (κ1) is 12.9. The van der Waals surface area contributed by atoms with Crippen molar-refractivity contribution in [2.24, 2.45) is 10.7 Å². The van der Waals surface area contributed by atoms with E-state index >= 15 is 0 Å².